The summed E-state index contributed by atoms with van der Waals surface area (Å²) in [4.78, 5) is 16.6. The predicted octanol–water partition coefficient (Wildman–Crippen LogP) is 2.81. The van der Waals surface area contributed by atoms with Gasteiger partial charge in [0.05, 0.1) is 12.3 Å². The summed E-state index contributed by atoms with van der Waals surface area (Å²) in [5.74, 6) is 1.04. The standard InChI is InChI=1S/C20H24FN3O2/c21-16-5-7-17(8-6-16)23-9-11-24(12-10-23)18(19-2-1-13-26-19)14-22-20(25)15-3-4-15/h1-2,5-8,13,15,18H,3-4,9-12,14H2,(H,22,25). The highest BCUT2D eigenvalue weighted by molar-refractivity contribution is 5.80. The minimum Gasteiger partial charge on any atom is -0.468 e. The summed E-state index contributed by atoms with van der Waals surface area (Å²) in [5.41, 5.74) is 1.04. The second-order valence-electron chi connectivity index (χ2n) is 7.05. The molecule has 2 aromatic rings. The smallest absolute Gasteiger partial charge is 0.223 e. The van der Waals surface area contributed by atoms with Crippen LogP contribution in [0.15, 0.2) is 47.1 Å². The molecule has 0 bridgehead atoms. The minimum atomic E-state index is -0.211. The van der Waals surface area contributed by atoms with Gasteiger partial charge in [0, 0.05) is 44.3 Å². The molecule has 1 aliphatic heterocycles. The van der Waals surface area contributed by atoms with Crippen molar-refractivity contribution >= 4 is 11.6 Å². The maximum atomic E-state index is 13.1. The van der Waals surface area contributed by atoms with Gasteiger partial charge in [-0.1, -0.05) is 0 Å². The Balaban J connectivity index is 1.38. The quantitative estimate of drug-likeness (QED) is 0.864. The summed E-state index contributed by atoms with van der Waals surface area (Å²) in [7, 11) is 0. The van der Waals surface area contributed by atoms with Crippen LogP contribution < -0.4 is 10.2 Å². The zero-order valence-corrected chi connectivity index (χ0v) is 14.7. The van der Waals surface area contributed by atoms with Crippen LogP contribution in [0.1, 0.15) is 24.6 Å². The zero-order chi connectivity index (χ0) is 17.9. The number of nitrogens with one attached hydrogen (secondary N) is 1. The average molecular weight is 357 g/mol. The second-order valence-corrected chi connectivity index (χ2v) is 7.05. The Kier molecular flexibility index (Phi) is 4.93. The number of carbonyl (C=O) groups is 1. The molecule has 2 aliphatic rings. The van der Waals surface area contributed by atoms with Crippen molar-refractivity contribution in [3.8, 4) is 0 Å². The lowest BCUT2D eigenvalue weighted by Gasteiger charge is -2.39. The molecule has 0 spiro atoms. The van der Waals surface area contributed by atoms with Crippen molar-refractivity contribution in [2.45, 2.75) is 18.9 Å². The molecule has 138 valence electrons. The first-order chi connectivity index (χ1) is 12.7. The van der Waals surface area contributed by atoms with E-state index in [4.69, 9.17) is 4.42 Å². The molecule has 5 nitrogen and oxygen atoms in total. The van der Waals surface area contributed by atoms with Crippen molar-refractivity contribution in [2.75, 3.05) is 37.6 Å². The summed E-state index contributed by atoms with van der Waals surface area (Å²) in [6.07, 6.45) is 3.70. The number of carbonyl (C=O) groups excluding carboxylic acids is 1. The average Bonchev–Trinajstić information content (AvgIpc) is 3.39. The van der Waals surface area contributed by atoms with Crippen LogP contribution >= 0.6 is 0 Å². The number of halogens is 1. The summed E-state index contributed by atoms with van der Waals surface area (Å²) in [6.45, 7) is 4.02. The van der Waals surface area contributed by atoms with E-state index in [2.05, 4.69) is 15.1 Å². The van der Waals surface area contributed by atoms with E-state index in [-0.39, 0.29) is 23.7 Å². The molecule has 6 heteroatoms. The SMILES string of the molecule is O=C(NCC(c1ccco1)N1CCN(c2ccc(F)cc2)CC1)C1CC1. The number of amides is 1. The number of rotatable bonds is 6. The number of nitrogens with zero attached hydrogens (tertiary/aromatic N) is 2. The van der Waals surface area contributed by atoms with Gasteiger partial charge >= 0.3 is 0 Å². The summed E-state index contributed by atoms with van der Waals surface area (Å²) >= 11 is 0. The molecule has 1 unspecified atom stereocenters. The van der Waals surface area contributed by atoms with Gasteiger partial charge in [0.25, 0.3) is 0 Å². The highest BCUT2D eigenvalue weighted by Crippen LogP contribution is 2.29. The van der Waals surface area contributed by atoms with E-state index in [0.29, 0.717) is 6.54 Å². The van der Waals surface area contributed by atoms with E-state index in [1.54, 1.807) is 6.26 Å². The van der Waals surface area contributed by atoms with Crippen LogP contribution in [-0.2, 0) is 4.79 Å². The topological polar surface area (TPSA) is 48.7 Å². The lowest BCUT2D eigenvalue weighted by Crippen LogP contribution is -2.50. The van der Waals surface area contributed by atoms with Crippen LogP contribution in [0, 0.1) is 11.7 Å². The van der Waals surface area contributed by atoms with Crippen LogP contribution in [0.3, 0.4) is 0 Å². The first-order valence-electron chi connectivity index (χ1n) is 9.26. The van der Waals surface area contributed by atoms with E-state index in [1.165, 1.54) is 12.1 Å². The molecule has 26 heavy (non-hydrogen) atoms. The molecule has 2 fully saturated rings. The van der Waals surface area contributed by atoms with Gasteiger partial charge in [-0.15, -0.1) is 0 Å². The van der Waals surface area contributed by atoms with Gasteiger partial charge in [0.1, 0.15) is 11.6 Å². The maximum Gasteiger partial charge on any atom is 0.223 e. The Morgan fingerprint density at radius 1 is 1.15 bits per heavy atom. The minimum absolute atomic E-state index is 0.0445. The molecule has 1 saturated carbocycles. The van der Waals surface area contributed by atoms with Crippen molar-refractivity contribution < 1.29 is 13.6 Å². The first kappa shape index (κ1) is 17.1. The van der Waals surface area contributed by atoms with Crippen molar-refractivity contribution in [2.24, 2.45) is 5.92 Å². The van der Waals surface area contributed by atoms with Gasteiger partial charge in [-0.05, 0) is 49.2 Å². The molecule has 1 atom stereocenters. The fraction of sp³-hybridized carbons (Fsp3) is 0.450. The van der Waals surface area contributed by atoms with Crippen molar-refractivity contribution in [3.05, 3.63) is 54.2 Å². The van der Waals surface area contributed by atoms with Crippen LogP contribution in [0.4, 0.5) is 10.1 Å². The van der Waals surface area contributed by atoms with Crippen molar-refractivity contribution in [1.82, 2.24) is 10.2 Å². The van der Waals surface area contributed by atoms with Gasteiger partial charge in [-0.2, -0.15) is 0 Å². The van der Waals surface area contributed by atoms with E-state index in [9.17, 15) is 9.18 Å². The van der Waals surface area contributed by atoms with Crippen molar-refractivity contribution in [1.29, 1.82) is 0 Å². The third kappa shape index (κ3) is 3.90. The molecule has 2 heterocycles. The Morgan fingerprint density at radius 3 is 2.50 bits per heavy atom. The number of hydrogen-bond acceptors (Lipinski definition) is 4. The summed E-state index contributed by atoms with van der Waals surface area (Å²) < 4.78 is 18.8. The molecular formula is C20H24FN3O2. The molecule has 1 saturated heterocycles. The number of hydrogen-bond donors (Lipinski definition) is 1. The van der Waals surface area contributed by atoms with Crippen LogP contribution in [0.5, 0.6) is 0 Å². The number of piperazine rings is 1. The highest BCUT2D eigenvalue weighted by atomic mass is 19.1. The third-order valence-corrected chi connectivity index (χ3v) is 5.24. The molecular weight excluding hydrogens is 333 g/mol. The van der Waals surface area contributed by atoms with Crippen LogP contribution in [0.25, 0.3) is 0 Å². The predicted molar refractivity (Wildman–Crippen MR) is 97.4 cm³/mol. The molecule has 0 radical (unpaired) electrons. The van der Waals surface area contributed by atoms with Crippen LogP contribution in [-0.4, -0.2) is 43.5 Å². The largest absolute Gasteiger partial charge is 0.468 e. The molecule has 4 rings (SSSR count). The van der Waals surface area contributed by atoms with E-state index < -0.39 is 0 Å². The molecule has 1 aliphatic carbocycles. The Morgan fingerprint density at radius 2 is 1.88 bits per heavy atom. The number of furan rings is 1. The third-order valence-electron chi connectivity index (χ3n) is 5.24. The summed E-state index contributed by atoms with van der Waals surface area (Å²) in [6, 6.07) is 10.6. The fourth-order valence-electron chi connectivity index (χ4n) is 3.52. The fourth-order valence-corrected chi connectivity index (χ4v) is 3.52. The van der Waals surface area contributed by atoms with Crippen molar-refractivity contribution in [3.63, 3.8) is 0 Å². The lowest BCUT2D eigenvalue weighted by molar-refractivity contribution is -0.122. The van der Waals surface area contributed by atoms with E-state index in [0.717, 1.165) is 50.5 Å². The maximum absolute atomic E-state index is 13.1. The monoisotopic (exact) mass is 357 g/mol. The van der Waals surface area contributed by atoms with Gasteiger partial charge in [-0.3, -0.25) is 9.69 Å². The van der Waals surface area contributed by atoms with E-state index >= 15 is 0 Å². The normalized spacial score (nSPS) is 19.3. The number of benzene rings is 1. The van der Waals surface area contributed by atoms with Gasteiger partial charge in [0.2, 0.25) is 5.91 Å². The molecule has 1 N–H and O–H groups in total. The second kappa shape index (κ2) is 7.50. The Hall–Kier alpha value is -2.34. The van der Waals surface area contributed by atoms with Gasteiger partial charge in [-0.25, -0.2) is 4.39 Å². The Bertz CT molecular complexity index is 720. The highest BCUT2D eigenvalue weighted by Gasteiger charge is 2.32. The van der Waals surface area contributed by atoms with Gasteiger partial charge in [0.15, 0.2) is 0 Å². The molecule has 1 aromatic heterocycles. The van der Waals surface area contributed by atoms with Crippen LogP contribution in [0.2, 0.25) is 0 Å². The first-order valence-corrected chi connectivity index (χ1v) is 9.26. The number of anilines is 1. The summed E-state index contributed by atoms with van der Waals surface area (Å²) in [5, 5.41) is 3.08. The molecule has 1 amide bonds. The Labute approximate surface area is 152 Å². The molecule has 1 aromatic carbocycles. The van der Waals surface area contributed by atoms with E-state index in [1.807, 2.05) is 24.3 Å². The zero-order valence-electron chi connectivity index (χ0n) is 14.7. The lowest BCUT2D eigenvalue weighted by atomic mass is 10.1. The van der Waals surface area contributed by atoms with Gasteiger partial charge < -0.3 is 14.6 Å².